The normalized spacial score (nSPS) is 26.5. The van der Waals surface area contributed by atoms with Crippen LogP contribution in [-0.2, 0) is 14.4 Å². The number of amides is 5. The van der Waals surface area contributed by atoms with Gasteiger partial charge >= 0.3 is 17.8 Å². The van der Waals surface area contributed by atoms with Gasteiger partial charge in [0.15, 0.2) is 0 Å². The van der Waals surface area contributed by atoms with Gasteiger partial charge in [-0.2, -0.15) is 0 Å². The second-order valence-corrected chi connectivity index (χ2v) is 8.76. The number of benzene rings is 1. The molecule has 1 aromatic rings. The van der Waals surface area contributed by atoms with Crippen molar-refractivity contribution in [3.05, 3.63) is 23.2 Å². The highest BCUT2D eigenvalue weighted by molar-refractivity contribution is 6.45. The van der Waals surface area contributed by atoms with Gasteiger partial charge in [-0.3, -0.25) is 19.3 Å². The van der Waals surface area contributed by atoms with Crippen LogP contribution in [-0.4, -0.2) is 53.2 Å². The number of rotatable bonds is 6. The second kappa shape index (κ2) is 7.91. The Balaban J connectivity index is 1.45. The van der Waals surface area contributed by atoms with Gasteiger partial charge in [-0.15, -0.1) is 0 Å². The molecular formula is C21H24ClN3O5. The fraction of sp³-hybridized carbons (Fsp3) is 0.524. The van der Waals surface area contributed by atoms with Crippen molar-refractivity contribution in [1.82, 2.24) is 9.80 Å². The van der Waals surface area contributed by atoms with E-state index in [1.807, 2.05) is 6.92 Å². The number of fused-ring (bicyclic) bond motifs is 2. The van der Waals surface area contributed by atoms with Gasteiger partial charge < -0.3 is 10.1 Å². The molecule has 0 radical (unpaired) electrons. The molecule has 0 aromatic heterocycles. The summed E-state index contributed by atoms with van der Waals surface area (Å²) >= 11 is 5.96. The summed E-state index contributed by atoms with van der Waals surface area (Å²) in [5.74, 6) is -0.705. The number of ether oxygens (including phenoxy) is 1. The molecule has 5 amide bonds. The van der Waals surface area contributed by atoms with Crippen LogP contribution in [0.15, 0.2) is 18.2 Å². The van der Waals surface area contributed by atoms with Crippen LogP contribution in [0.25, 0.3) is 0 Å². The van der Waals surface area contributed by atoms with Crippen LogP contribution >= 0.6 is 11.6 Å². The first-order valence-corrected chi connectivity index (χ1v) is 10.5. The van der Waals surface area contributed by atoms with Crippen molar-refractivity contribution in [3.63, 3.8) is 0 Å². The number of methoxy groups -OCH3 is 1. The number of nitrogens with zero attached hydrogens (tertiary/aromatic N) is 2. The molecule has 4 rings (SSSR count). The summed E-state index contributed by atoms with van der Waals surface area (Å²) in [6.45, 7) is 1.27. The molecule has 2 saturated carbocycles. The van der Waals surface area contributed by atoms with E-state index in [-0.39, 0.29) is 12.0 Å². The minimum absolute atomic E-state index is 0.217. The Morgan fingerprint density at radius 1 is 1.23 bits per heavy atom. The number of carbonyl (C=O) groups is 4. The number of imide groups is 2. The maximum absolute atomic E-state index is 12.9. The maximum Gasteiger partial charge on any atom is 0.334 e. The van der Waals surface area contributed by atoms with Crippen molar-refractivity contribution >= 4 is 41.0 Å². The molecule has 160 valence electrons. The molecule has 1 N–H and O–H groups in total. The van der Waals surface area contributed by atoms with E-state index >= 15 is 0 Å². The van der Waals surface area contributed by atoms with Crippen LogP contribution in [0.2, 0.25) is 5.02 Å². The third kappa shape index (κ3) is 3.53. The largest absolute Gasteiger partial charge is 0.495 e. The standard InChI is InChI=1S/C21H24ClN3O5/c1-11(15-8-12-3-4-13(15)7-12)25-20(28)19(27)24(21(25)29)10-18(26)23-16-9-14(22)5-6-17(16)30-2/h5-6,9,11-13,15H,3-4,7-8,10H2,1-2H3,(H,23,26)/t11-,12+,13+,15-/m1/s1. The number of hydrogen-bond acceptors (Lipinski definition) is 5. The molecule has 1 aromatic carbocycles. The van der Waals surface area contributed by atoms with Gasteiger partial charge in [-0.25, -0.2) is 9.69 Å². The molecule has 8 nitrogen and oxygen atoms in total. The maximum atomic E-state index is 12.9. The fourth-order valence-electron chi connectivity index (χ4n) is 5.21. The van der Waals surface area contributed by atoms with Crippen molar-refractivity contribution in [2.24, 2.45) is 17.8 Å². The van der Waals surface area contributed by atoms with Gasteiger partial charge in [-0.05, 0) is 62.1 Å². The van der Waals surface area contributed by atoms with Crippen molar-refractivity contribution in [2.45, 2.75) is 38.6 Å². The highest BCUT2D eigenvalue weighted by atomic mass is 35.5. The van der Waals surface area contributed by atoms with Crippen LogP contribution in [0, 0.1) is 17.8 Å². The minimum atomic E-state index is -0.969. The van der Waals surface area contributed by atoms with Crippen LogP contribution in [0.3, 0.4) is 0 Å². The Bertz CT molecular complexity index is 920. The smallest absolute Gasteiger partial charge is 0.334 e. The number of anilines is 1. The summed E-state index contributed by atoms with van der Waals surface area (Å²) in [5.41, 5.74) is 0.313. The number of nitrogens with one attached hydrogen (secondary N) is 1. The van der Waals surface area contributed by atoms with Gasteiger partial charge in [0.25, 0.3) is 0 Å². The summed E-state index contributed by atoms with van der Waals surface area (Å²) in [6.07, 6.45) is 4.42. The Morgan fingerprint density at radius 2 is 2.00 bits per heavy atom. The predicted molar refractivity (Wildman–Crippen MR) is 109 cm³/mol. The summed E-state index contributed by atoms with van der Waals surface area (Å²) < 4.78 is 5.18. The number of carbonyl (C=O) groups excluding carboxylic acids is 4. The molecule has 30 heavy (non-hydrogen) atoms. The van der Waals surface area contributed by atoms with Gasteiger partial charge in [0.05, 0.1) is 12.8 Å². The Labute approximate surface area is 179 Å². The first-order chi connectivity index (χ1) is 14.3. The summed E-state index contributed by atoms with van der Waals surface area (Å²) in [4.78, 5) is 52.1. The van der Waals surface area contributed by atoms with Gasteiger partial charge in [0.1, 0.15) is 12.3 Å². The number of halogens is 1. The monoisotopic (exact) mass is 433 g/mol. The van der Waals surface area contributed by atoms with E-state index in [1.165, 1.54) is 19.6 Å². The molecular weight excluding hydrogens is 410 g/mol. The summed E-state index contributed by atoms with van der Waals surface area (Å²) in [7, 11) is 1.44. The average Bonchev–Trinajstić information content (AvgIpc) is 3.39. The minimum Gasteiger partial charge on any atom is -0.495 e. The predicted octanol–water partition coefficient (Wildman–Crippen LogP) is 2.90. The van der Waals surface area contributed by atoms with E-state index in [0.29, 0.717) is 33.2 Å². The topological polar surface area (TPSA) is 96.0 Å². The SMILES string of the molecule is COc1ccc(Cl)cc1NC(=O)CN1C(=O)C(=O)N([C@H](C)[C@H]2C[C@H]3CC[C@H]2C3)C1=O. The van der Waals surface area contributed by atoms with E-state index < -0.39 is 30.3 Å². The highest BCUT2D eigenvalue weighted by Crippen LogP contribution is 2.50. The van der Waals surface area contributed by atoms with E-state index in [9.17, 15) is 19.2 Å². The molecule has 0 spiro atoms. The molecule has 3 fully saturated rings. The molecule has 0 unspecified atom stereocenters. The second-order valence-electron chi connectivity index (χ2n) is 8.32. The molecule has 3 aliphatic rings. The molecule has 1 aliphatic heterocycles. The van der Waals surface area contributed by atoms with Crippen molar-refractivity contribution in [1.29, 1.82) is 0 Å². The Morgan fingerprint density at radius 3 is 2.63 bits per heavy atom. The molecule has 2 bridgehead atoms. The first kappa shape index (κ1) is 20.7. The zero-order valence-electron chi connectivity index (χ0n) is 16.9. The summed E-state index contributed by atoms with van der Waals surface area (Å²) in [6, 6.07) is 3.61. The summed E-state index contributed by atoms with van der Waals surface area (Å²) in [5, 5.41) is 2.97. The van der Waals surface area contributed by atoms with E-state index in [1.54, 1.807) is 12.1 Å². The third-order valence-corrected chi connectivity index (χ3v) is 6.88. The zero-order valence-corrected chi connectivity index (χ0v) is 17.6. The Kier molecular flexibility index (Phi) is 5.44. The third-order valence-electron chi connectivity index (χ3n) is 6.64. The molecule has 4 atom stereocenters. The van der Waals surface area contributed by atoms with Gasteiger partial charge in [0.2, 0.25) is 5.91 Å². The fourth-order valence-corrected chi connectivity index (χ4v) is 5.38. The average molecular weight is 434 g/mol. The van der Waals surface area contributed by atoms with E-state index in [0.717, 1.165) is 24.2 Å². The van der Waals surface area contributed by atoms with Crippen LogP contribution in [0.1, 0.15) is 32.6 Å². The first-order valence-electron chi connectivity index (χ1n) is 10.1. The molecule has 2 aliphatic carbocycles. The molecule has 1 heterocycles. The highest BCUT2D eigenvalue weighted by Gasteiger charge is 2.52. The van der Waals surface area contributed by atoms with Gasteiger partial charge in [0, 0.05) is 11.1 Å². The lowest BCUT2D eigenvalue weighted by Gasteiger charge is -2.32. The molecule has 9 heteroatoms. The van der Waals surface area contributed by atoms with Crippen molar-refractivity contribution < 1.29 is 23.9 Å². The zero-order chi connectivity index (χ0) is 21.6. The quantitative estimate of drug-likeness (QED) is 0.549. The van der Waals surface area contributed by atoms with Gasteiger partial charge in [-0.1, -0.05) is 18.0 Å². The van der Waals surface area contributed by atoms with Crippen LogP contribution < -0.4 is 10.1 Å². The number of urea groups is 1. The lowest BCUT2D eigenvalue weighted by atomic mass is 9.83. The van der Waals surface area contributed by atoms with Crippen LogP contribution in [0.5, 0.6) is 5.75 Å². The van der Waals surface area contributed by atoms with E-state index in [4.69, 9.17) is 16.3 Å². The van der Waals surface area contributed by atoms with E-state index in [2.05, 4.69) is 5.32 Å². The lowest BCUT2D eigenvalue weighted by Crippen LogP contribution is -2.45. The lowest BCUT2D eigenvalue weighted by molar-refractivity contribution is -0.144. The van der Waals surface area contributed by atoms with Crippen molar-refractivity contribution in [3.8, 4) is 5.75 Å². The van der Waals surface area contributed by atoms with Crippen LogP contribution in [0.4, 0.5) is 10.5 Å². The molecule has 1 saturated heterocycles. The number of hydrogen-bond donors (Lipinski definition) is 1. The van der Waals surface area contributed by atoms with Crippen molar-refractivity contribution in [2.75, 3.05) is 19.0 Å². The Hall–Kier alpha value is -2.61.